The molecule has 1 aliphatic rings. The highest BCUT2D eigenvalue weighted by molar-refractivity contribution is 7.99. The number of nitrogens with zero attached hydrogens (tertiary/aromatic N) is 4. The van der Waals surface area contributed by atoms with Gasteiger partial charge in [0.05, 0.1) is 22.9 Å². The zero-order chi connectivity index (χ0) is 22.4. The van der Waals surface area contributed by atoms with Crippen molar-refractivity contribution in [2.45, 2.75) is 24.5 Å². The fraction of sp³-hybridized carbons (Fsp3) is 0.182. The molecule has 0 aliphatic carbocycles. The van der Waals surface area contributed by atoms with Gasteiger partial charge >= 0.3 is 0 Å². The monoisotopic (exact) mass is 469 g/mol. The summed E-state index contributed by atoms with van der Waals surface area (Å²) in [6, 6.07) is 11.4. The normalized spacial score (nSPS) is 15.2. The number of hydrogen-bond donors (Lipinski definition) is 1. The maximum Gasteiger partial charge on any atom is 0.265 e. The smallest absolute Gasteiger partial charge is 0.265 e. The molecule has 7 nitrogen and oxygen atoms in total. The van der Waals surface area contributed by atoms with E-state index < -0.39 is 5.82 Å². The molecule has 0 saturated heterocycles. The zero-order valence-corrected chi connectivity index (χ0v) is 18.5. The van der Waals surface area contributed by atoms with Crippen molar-refractivity contribution in [2.24, 2.45) is 0 Å². The van der Waals surface area contributed by atoms with Crippen molar-refractivity contribution in [1.82, 2.24) is 19.3 Å². The lowest BCUT2D eigenvalue weighted by atomic mass is 10.2. The van der Waals surface area contributed by atoms with Crippen LogP contribution in [0.25, 0.3) is 16.7 Å². The lowest BCUT2D eigenvalue weighted by molar-refractivity contribution is -0.116. The maximum absolute atomic E-state index is 13.3. The zero-order valence-electron chi connectivity index (χ0n) is 16.9. The van der Waals surface area contributed by atoms with Crippen LogP contribution in [0.1, 0.15) is 18.0 Å². The molecule has 1 N–H and O–H groups in total. The number of halogens is 2. The van der Waals surface area contributed by atoms with Gasteiger partial charge in [0, 0.05) is 17.9 Å². The third kappa shape index (κ3) is 3.67. The van der Waals surface area contributed by atoms with Gasteiger partial charge in [-0.1, -0.05) is 41.1 Å². The molecule has 4 aromatic rings. The average molecular weight is 470 g/mol. The van der Waals surface area contributed by atoms with Gasteiger partial charge < -0.3 is 5.32 Å². The van der Waals surface area contributed by atoms with E-state index in [0.29, 0.717) is 27.6 Å². The number of carbonyl (C=O) groups is 1. The van der Waals surface area contributed by atoms with Crippen molar-refractivity contribution in [3.8, 4) is 5.69 Å². The number of fused-ring (bicyclic) bond motifs is 2. The SMILES string of the molecule is Cc1ccc(-n2ncc3c(=O)n4c(nc32)SCC4CC(=O)Nc2ccc(F)c(Cl)c2)cc1. The number of aryl methyl sites for hydroxylation is 1. The molecule has 10 heteroatoms. The molecule has 162 valence electrons. The number of rotatable bonds is 4. The first kappa shape index (κ1) is 20.7. The molecule has 3 heterocycles. The molecule has 0 saturated carbocycles. The van der Waals surface area contributed by atoms with E-state index in [0.717, 1.165) is 11.3 Å². The number of nitrogens with one attached hydrogen (secondary N) is 1. The highest BCUT2D eigenvalue weighted by Crippen LogP contribution is 2.33. The number of benzene rings is 2. The molecule has 1 atom stereocenters. The van der Waals surface area contributed by atoms with Crippen LogP contribution in [0.4, 0.5) is 10.1 Å². The van der Waals surface area contributed by atoms with Crippen molar-refractivity contribution in [2.75, 3.05) is 11.1 Å². The van der Waals surface area contributed by atoms with Crippen LogP contribution < -0.4 is 10.9 Å². The summed E-state index contributed by atoms with van der Waals surface area (Å²) in [5.41, 5.74) is 2.60. The number of amides is 1. The average Bonchev–Trinajstić information content (AvgIpc) is 3.36. The van der Waals surface area contributed by atoms with Crippen LogP contribution in [-0.2, 0) is 4.79 Å². The van der Waals surface area contributed by atoms with Crippen molar-refractivity contribution in [3.05, 3.63) is 75.4 Å². The summed E-state index contributed by atoms with van der Waals surface area (Å²) in [6.45, 7) is 2.00. The van der Waals surface area contributed by atoms with Crippen LogP contribution in [0.15, 0.2) is 58.6 Å². The Labute approximate surface area is 191 Å². The van der Waals surface area contributed by atoms with Gasteiger partial charge in [-0.25, -0.2) is 14.1 Å². The van der Waals surface area contributed by atoms with Gasteiger partial charge in [0.2, 0.25) is 5.91 Å². The Morgan fingerprint density at radius 3 is 2.81 bits per heavy atom. The third-order valence-electron chi connectivity index (χ3n) is 5.27. The molecule has 1 aliphatic heterocycles. The largest absolute Gasteiger partial charge is 0.326 e. The third-order valence-corrected chi connectivity index (χ3v) is 6.66. The second kappa shape index (κ2) is 8.07. The first-order valence-electron chi connectivity index (χ1n) is 9.86. The van der Waals surface area contributed by atoms with Gasteiger partial charge in [-0.15, -0.1) is 0 Å². The Morgan fingerprint density at radius 2 is 2.06 bits per heavy atom. The summed E-state index contributed by atoms with van der Waals surface area (Å²) in [4.78, 5) is 30.4. The Balaban J connectivity index is 1.43. The van der Waals surface area contributed by atoms with Crippen LogP contribution in [-0.4, -0.2) is 31.0 Å². The van der Waals surface area contributed by atoms with E-state index in [2.05, 4.69) is 15.4 Å². The Hall–Kier alpha value is -3.17. The number of hydrogen-bond acceptors (Lipinski definition) is 5. The molecule has 0 radical (unpaired) electrons. The predicted molar refractivity (Wildman–Crippen MR) is 122 cm³/mol. The molecular formula is C22H17ClFN5O2S. The van der Waals surface area contributed by atoms with Crippen LogP contribution >= 0.6 is 23.4 Å². The summed E-state index contributed by atoms with van der Waals surface area (Å²) in [6.07, 6.45) is 1.59. The van der Waals surface area contributed by atoms with E-state index in [1.807, 2.05) is 31.2 Å². The topological polar surface area (TPSA) is 81.8 Å². The van der Waals surface area contributed by atoms with Gasteiger partial charge in [-0.05, 0) is 37.3 Å². The van der Waals surface area contributed by atoms with Gasteiger partial charge in [0.15, 0.2) is 10.8 Å². The van der Waals surface area contributed by atoms with Crippen molar-refractivity contribution in [1.29, 1.82) is 0 Å². The van der Waals surface area contributed by atoms with Crippen molar-refractivity contribution < 1.29 is 9.18 Å². The van der Waals surface area contributed by atoms with Crippen molar-refractivity contribution in [3.63, 3.8) is 0 Å². The minimum atomic E-state index is -0.557. The lowest BCUT2D eigenvalue weighted by Gasteiger charge is -2.13. The minimum Gasteiger partial charge on any atom is -0.326 e. The summed E-state index contributed by atoms with van der Waals surface area (Å²) >= 11 is 7.20. The number of thioether (sulfide) groups is 1. The van der Waals surface area contributed by atoms with Gasteiger partial charge in [-0.3, -0.25) is 14.2 Å². The van der Waals surface area contributed by atoms with Crippen LogP contribution in [0, 0.1) is 12.7 Å². The van der Waals surface area contributed by atoms with Crippen LogP contribution in [0.2, 0.25) is 5.02 Å². The molecule has 0 fully saturated rings. The fourth-order valence-corrected chi connectivity index (χ4v) is 4.97. The molecular weight excluding hydrogens is 453 g/mol. The molecule has 2 aromatic heterocycles. The number of aromatic nitrogens is 4. The van der Waals surface area contributed by atoms with E-state index in [1.165, 1.54) is 36.2 Å². The van der Waals surface area contributed by atoms with E-state index >= 15 is 0 Å². The molecule has 1 unspecified atom stereocenters. The Bertz CT molecular complexity index is 1420. The number of anilines is 1. The highest BCUT2D eigenvalue weighted by Gasteiger charge is 2.29. The molecule has 0 bridgehead atoms. The van der Waals surface area contributed by atoms with Gasteiger partial charge in [0.25, 0.3) is 5.56 Å². The summed E-state index contributed by atoms with van der Waals surface area (Å²) in [7, 11) is 0. The summed E-state index contributed by atoms with van der Waals surface area (Å²) in [5.74, 6) is -0.309. The Morgan fingerprint density at radius 1 is 1.28 bits per heavy atom. The second-order valence-electron chi connectivity index (χ2n) is 7.54. The Kier molecular flexibility index (Phi) is 5.22. The van der Waals surface area contributed by atoms with Gasteiger partial charge in [0.1, 0.15) is 11.2 Å². The van der Waals surface area contributed by atoms with E-state index in [4.69, 9.17) is 11.6 Å². The molecule has 32 heavy (non-hydrogen) atoms. The van der Waals surface area contributed by atoms with Gasteiger partial charge in [-0.2, -0.15) is 5.10 Å². The highest BCUT2D eigenvalue weighted by atomic mass is 35.5. The van der Waals surface area contributed by atoms with Crippen LogP contribution in [0.3, 0.4) is 0 Å². The first-order chi connectivity index (χ1) is 15.4. The molecule has 0 spiro atoms. The number of carbonyl (C=O) groups excluding carboxylic acids is 1. The summed E-state index contributed by atoms with van der Waals surface area (Å²) < 4.78 is 16.5. The molecule has 5 rings (SSSR count). The van der Waals surface area contributed by atoms with Crippen LogP contribution in [0.5, 0.6) is 0 Å². The van der Waals surface area contributed by atoms with Crippen molar-refractivity contribution >= 4 is 46.0 Å². The van der Waals surface area contributed by atoms with E-state index in [-0.39, 0.29) is 29.0 Å². The summed E-state index contributed by atoms with van der Waals surface area (Å²) in [5, 5.41) is 7.95. The minimum absolute atomic E-state index is 0.0713. The van der Waals surface area contributed by atoms with E-state index in [9.17, 15) is 14.0 Å². The fourth-order valence-electron chi connectivity index (χ4n) is 3.66. The quantitative estimate of drug-likeness (QED) is 0.449. The van der Waals surface area contributed by atoms with E-state index in [1.54, 1.807) is 9.25 Å². The predicted octanol–water partition coefficient (Wildman–Crippen LogP) is 4.36. The molecule has 2 aromatic carbocycles. The second-order valence-corrected chi connectivity index (χ2v) is 8.94. The lowest BCUT2D eigenvalue weighted by Crippen LogP contribution is -2.27. The standard InChI is InChI=1S/C22H17ClFN5O2S/c1-12-2-5-14(6-3-12)29-20-16(10-25-29)21(31)28-15(11-32-22(28)27-20)9-19(30)26-13-4-7-18(24)17(23)8-13/h2-8,10,15H,9,11H2,1H3,(H,26,30). The maximum atomic E-state index is 13.3. The molecule has 1 amide bonds. The first-order valence-corrected chi connectivity index (χ1v) is 11.2.